The summed E-state index contributed by atoms with van der Waals surface area (Å²) in [5.41, 5.74) is 4.95. The van der Waals surface area contributed by atoms with E-state index < -0.39 is 0 Å². The molecule has 0 atom stereocenters. The number of ether oxygens (including phenoxy) is 2. The molecule has 0 aliphatic heterocycles. The van der Waals surface area contributed by atoms with Crippen molar-refractivity contribution < 1.29 is 14.3 Å². The molecule has 0 radical (unpaired) electrons. The summed E-state index contributed by atoms with van der Waals surface area (Å²) < 4.78 is 11.3. The van der Waals surface area contributed by atoms with Crippen LogP contribution >= 0.6 is 0 Å². The third-order valence-electron chi connectivity index (χ3n) is 4.49. The summed E-state index contributed by atoms with van der Waals surface area (Å²) in [7, 11) is 1.60. The van der Waals surface area contributed by atoms with Gasteiger partial charge in [0.2, 0.25) is 5.91 Å². The second kappa shape index (κ2) is 9.60. The van der Waals surface area contributed by atoms with Gasteiger partial charge in [-0.2, -0.15) is 0 Å². The topological polar surface area (TPSA) is 47.6 Å². The molecule has 148 valence electrons. The lowest BCUT2D eigenvalue weighted by molar-refractivity contribution is -0.111. The second-order valence-corrected chi connectivity index (χ2v) is 6.83. The van der Waals surface area contributed by atoms with E-state index in [1.165, 1.54) is 6.08 Å². The largest absolute Gasteiger partial charge is 0.493 e. The maximum absolute atomic E-state index is 12.2. The van der Waals surface area contributed by atoms with Gasteiger partial charge in [0.05, 0.1) is 7.11 Å². The predicted molar refractivity (Wildman–Crippen MR) is 117 cm³/mol. The van der Waals surface area contributed by atoms with Gasteiger partial charge in [-0.25, -0.2) is 0 Å². The summed E-state index contributed by atoms with van der Waals surface area (Å²) in [5, 5.41) is 2.90. The fourth-order valence-corrected chi connectivity index (χ4v) is 2.94. The lowest BCUT2D eigenvalue weighted by Gasteiger charge is -2.11. The van der Waals surface area contributed by atoms with Crippen molar-refractivity contribution in [3.8, 4) is 11.5 Å². The summed E-state index contributed by atoms with van der Waals surface area (Å²) in [6.45, 7) is 4.47. The molecule has 0 aromatic heterocycles. The van der Waals surface area contributed by atoms with Crippen molar-refractivity contribution in [2.24, 2.45) is 0 Å². The van der Waals surface area contributed by atoms with E-state index in [0.717, 1.165) is 27.9 Å². The standard InChI is InChI=1S/C25H25NO3/c1-18-9-12-22(19(2)15-18)26-25(27)14-11-20-10-13-23(24(16-20)28-3)29-17-21-7-5-4-6-8-21/h4-16H,17H2,1-3H3,(H,26,27)/b14-11+. The summed E-state index contributed by atoms with van der Waals surface area (Å²) in [5.74, 6) is 1.10. The number of rotatable bonds is 7. The second-order valence-electron chi connectivity index (χ2n) is 6.83. The van der Waals surface area contributed by atoms with Gasteiger partial charge < -0.3 is 14.8 Å². The first-order valence-electron chi connectivity index (χ1n) is 9.46. The van der Waals surface area contributed by atoms with Gasteiger partial charge in [-0.1, -0.05) is 54.1 Å². The van der Waals surface area contributed by atoms with E-state index >= 15 is 0 Å². The van der Waals surface area contributed by atoms with Gasteiger partial charge in [-0.3, -0.25) is 4.79 Å². The highest BCUT2D eigenvalue weighted by molar-refractivity contribution is 6.02. The molecule has 3 rings (SSSR count). The van der Waals surface area contributed by atoms with Crippen molar-refractivity contribution in [3.63, 3.8) is 0 Å². The van der Waals surface area contributed by atoms with Crippen LogP contribution in [0.15, 0.2) is 72.8 Å². The Bertz CT molecular complexity index is 1010. The molecule has 4 nitrogen and oxygen atoms in total. The first kappa shape index (κ1) is 20.2. The van der Waals surface area contributed by atoms with Gasteiger partial charge >= 0.3 is 0 Å². The van der Waals surface area contributed by atoms with Gasteiger partial charge in [0.1, 0.15) is 6.61 Å². The van der Waals surface area contributed by atoms with Gasteiger partial charge in [-0.15, -0.1) is 0 Å². The molecule has 4 heteroatoms. The lowest BCUT2D eigenvalue weighted by atomic mass is 10.1. The van der Waals surface area contributed by atoms with E-state index in [1.807, 2.05) is 80.6 Å². The van der Waals surface area contributed by atoms with Gasteiger partial charge in [0, 0.05) is 11.8 Å². The summed E-state index contributed by atoms with van der Waals surface area (Å²) in [6, 6.07) is 21.5. The third-order valence-corrected chi connectivity index (χ3v) is 4.49. The number of carbonyl (C=O) groups is 1. The first-order valence-corrected chi connectivity index (χ1v) is 9.46. The van der Waals surface area contributed by atoms with Crippen LogP contribution in [0.3, 0.4) is 0 Å². The van der Waals surface area contributed by atoms with Gasteiger partial charge in [0.15, 0.2) is 11.5 Å². The number of hydrogen-bond acceptors (Lipinski definition) is 3. The highest BCUT2D eigenvalue weighted by Crippen LogP contribution is 2.29. The minimum absolute atomic E-state index is 0.180. The predicted octanol–water partition coefficient (Wildman–Crippen LogP) is 5.54. The van der Waals surface area contributed by atoms with Crippen molar-refractivity contribution in [2.75, 3.05) is 12.4 Å². The van der Waals surface area contributed by atoms with E-state index in [2.05, 4.69) is 5.32 Å². The molecule has 0 spiro atoms. The van der Waals surface area contributed by atoms with Crippen LogP contribution in [0.1, 0.15) is 22.3 Å². The molecule has 0 saturated carbocycles. The number of carbonyl (C=O) groups excluding carboxylic acids is 1. The summed E-state index contributed by atoms with van der Waals surface area (Å²) >= 11 is 0. The van der Waals surface area contributed by atoms with Crippen LogP contribution in [0.5, 0.6) is 11.5 Å². The Labute approximate surface area is 171 Å². The summed E-state index contributed by atoms with van der Waals surface area (Å²) in [4.78, 5) is 12.2. The molecule has 0 aliphatic carbocycles. The van der Waals surface area contributed by atoms with Crippen LogP contribution in [0.25, 0.3) is 6.08 Å². The van der Waals surface area contributed by atoms with E-state index in [1.54, 1.807) is 13.2 Å². The Hall–Kier alpha value is -3.53. The molecule has 1 N–H and O–H groups in total. The van der Waals surface area contributed by atoms with E-state index in [9.17, 15) is 4.79 Å². The highest BCUT2D eigenvalue weighted by Gasteiger charge is 2.06. The number of nitrogens with one attached hydrogen (secondary N) is 1. The smallest absolute Gasteiger partial charge is 0.248 e. The fourth-order valence-electron chi connectivity index (χ4n) is 2.94. The number of amides is 1. The minimum atomic E-state index is -0.180. The van der Waals surface area contributed by atoms with Crippen molar-refractivity contribution >= 4 is 17.7 Å². The maximum Gasteiger partial charge on any atom is 0.248 e. The zero-order chi connectivity index (χ0) is 20.6. The Morgan fingerprint density at radius 2 is 1.76 bits per heavy atom. The number of hydrogen-bond donors (Lipinski definition) is 1. The third kappa shape index (κ3) is 5.72. The Balaban J connectivity index is 1.65. The Morgan fingerprint density at radius 3 is 2.48 bits per heavy atom. The number of methoxy groups -OCH3 is 1. The normalized spacial score (nSPS) is 10.7. The molecular formula is C25H25NO3. The minimum Gasteiger partial charge on any atom is -0.493 e. The molecule has 0 aliphatic rings. The average molecular weight is 387 g/mol. The van der Waals surface area contributed by atoms with E-state index in [4.69, 9.17) is 9.47 Å². The molecule has 0 saturated heterocycles. The van der Waals surface area contributed by atoms with Crippen LogP contribution in [0, 0.1) is 13.8 Å². The van der Waals surface area contributed by atoms with Crippen molar-refractivity contribution in [1.29, 1.82) is 0 Å². The molecule has 0 fully saturated rings. The fraction of sp³-hybridized carbons (Fsp3) is 0.160. The Kier molecular flexibility index (Phi) is 6.69. The van der Waals surface area contributed by atoms with Crippen LogP contribution in [-0.2, 0) is 11.4 Å². The van der Waals surface area contributed by atoms with Crippen LogP contribution in [0.4, 0.5) is 5.69 Å². The average Bonchev–Trinajstić information content (AvgIpc) is 2.73. The van der Waals surface area contributed by atoms with Crippen molar-refractivity contribution in [3.05, 3.63) is 95.1 Å². The SMILES string of the molecule is COc1cc(/C=C/C(=O)Nc2ccc(C)cc2C)ccc1OCc1ccccc1. The first-order chi connectivity index (χ1) is 14.0. The number of aryl methyl sites for hydroxylation is 2. The molecule has 0 bridgehead atoms. The molecule has 1 amide bonds. The van der Waals surface area contributed by atoms with E-state index in [-0.39, 0.29) is 5.91 Å². The molecule has 3 aromatic carbocycles. The monoisotopic (exact) mass is 387 g/mol. The van der Waals surface area contributed by atoms with E-state index in [0.29, 0.717) is 18.1 Å². The Morgan fingerprint density at radius 1 is 0.966 bits per heavy atom. The van der Waals surface area contributed by atoms with Gasteiger partial charge in [0.25, 0.3) is 0 Å². The number of benzene rings is 3. The quantitative estimate of drug-likeness (QED) is 0.541. The lowest BCUT2D eigenvalue weighted by Crippen LogP contribution is -2.08. The van der Waals surface area contributed by atoms with Gasteiger partial charge in [-0.05, 0) is 54.8 Å². The van der Waals surface area contributed by atoms with Crippen LogP contribution in [0.2, 0.25) is 0 Å². The highest BCUT2D eigenvalue weighted by atomic mass is 16.5. The van der Waals surface area contributed by atoms with Crippen molar-refractivity contribution in [2.45, 2.75) is 20.5 Å². The molecule has 29 heavy (non-hydrogen) atoms. The van der Waals surface area contributed by atoms with Crippen molar-refractivity contribution in [1.82, 2.24) is 0 Å². The van der Waals surface area contributed by atoms with Crippen LogP contribution in [-0.4, -0.2) is 13.0 Å². The molecular weight excluding hydrogens is 362 g/mol. The zero-order valence-electron chi connectivity index (χ0n) is 16.9. The maximum atomic E-state index is 12.2. The van der Waals surface area contributed by atoms with Crippen LogP contribution < -0.4 is 14.8 Å². The molecule has 0 unspecified atom stereocenters. The zero-order valence-corrected chi connectivity index (χ0v) is 16.9. The number of anilines is 1. The molecule has 3 aromatic rings. The molecule has 0 heterocycles. The summed E-state index contributed by atoms with van der Waals surface area (Å²) in [6.07, 6.45) is 3.26.